The van der Waals surface area contributed by atoms with Crippen molar-refractivity contribution in [1.29, 1.82) is 0 Å². The van der Waals surface area contributed by atoms with Gasteiger partial charge in [-0.1, -0.05) is 66.7 Å². The van der Waals surface area contributed by atoms with Crippen LogP contribution in [0.2, 0.25) is 0 Å². The standard InChI is InChI=1S/C50H34N2Se/c1-4-15-35(16-5-1)43-23-10-12-25-47(43)52(39-19-8-3-9-20-39)41-22-14-21-40(34-41)51(38-17-6-2-7-18-38)42-30-32-44-37(33-42)28-27-36-29-31-46-45-24-11-13-26-48(45)53-50(46)49(36)44/h1-34H. The van der Waals surface area contributed by atoms with Crippen molar-refractivity contribution in [1.82, 2.24) is 0 Å². The SMILES string of the molecule is c1ccc(-c2ccccc2N(c2ccccc2)c2cccc(N(c3ccccc3)c3ccc4c(ccc5ccc6c7ccccc7[se]c6c54)c3)c2)cc1. The first kappa shape index (κ1) is 31.4. The molecule has 53 heavy (non-hydrogen) atoms. The van der Waals surface area contributed by atoms with Crippen molar-refractivity contribution in [2.75, 3.05) is 9.80 Å². The number of anilines is 6. The molecule has 3 heteroatoms. The maximum absolute atomic E-state index is 2.38. The second kappa shape index (κ2) is 13.3. The molecule has 9 aromatic carbocycles. The summed E-state index contributed by atoms with van der Waals surface area (Å²) in [6.45, 7) is 0. The molecule has 0 bridgehead atoms. The maximum atomic E-state index is 2.38. The molecule has 0 spiro atoms. The fourth-order valence-electron chi connectivity index (χ4n) is 7.79. The molecule has 10 aromatic rings. The molecule has 2 nitrogen and oxygen atoms in total. The zero-order valence-corrected chi connectivity index (χ0v) is 30.6. The van der Waals surface area contributed by atoms with Gasteiger partial charge in [-0.2, -0.15) is 0 Å². The average Bonchev–Trinajstić information content (AvgIpc) is 3.61. The summed E-state index contributed by atoms with van der Waals surface area (Å²) in [5.41, 5.74) is 9.01. The Morgan fingerprint density at radius 1 is 0.340 bits per heavy atom. The molecule has 0 amide bonds. The quantitative estimate of drug-likeness (QED) is 0.119. The predicted octanol–water partition coefficient (Wildman–Crippen LogP) is 14.0. The van der Waals surface area contributed by atoms with Gasteiger partial charge < -0.3 is 0 Å². The first-order chi connectivity index (χ1) is 26.3. The van der Waals surface area contributed by atoms with E-state index in [9.17, 15) is 0 Å². The summed E-state index contributed by atoms with van der Waals surface area (Å²) in [5.74, 6) is 0. The summed E-state index contributed by atoms with van der Waals surface area (Å²) in [4.78, 5) is 4.76. The average molecular weight is 742 g/mol. The van der Waals surface area contributed by atoms with Crippen molar-refractivity contribution < 1.29 is 0 Å². The molecule has 1 aromatic heterocycles. The van der Waals surface area contributed by atoms with Crippen molar-refractivity contribution in [3.63, 3.8) is 0 Å². The fraction of sp³-hybridized carbons (Fsp3) is 0. The van der Waals surface area contributed by atoms with E-state index in [1.165, 1.54) is 52.0 Å². The van der Waals surface area contributed by atoms with E-state index in [0.29, 0.717) is 0 Å². The summed E-state index contributed by atoms with van der Waals surface area (Å²) in [6, 6.07) is 74.9. The Morgan fingerprint density at radius 3 is 1.70 bits per heavy atom. The molecular weight excluding hydrogens is 708 g/mol. The number of benzene rings is 9. The van der Waals surface area contributed by atoms with E-state index in [1.807, 2.05) is 0 Å². The van der Waals surface area contributed by atoms with Crippen LogP contribution in [0.25, 0.3) is 52.0 Å². The smallest absolute Gasteiger partial charge is 0.0543 e. The Hall–Kier alpha value is -6.38. The number of rotatable bonds is 7. The minimum atomic E-state index is 0.276. The van der Waals surface area contributed by atoms with E-state index in [4.69, 9.17) is 0 Å². The molecule has 0 aliphatic heterocycles. The van der Waals surface area contributed by atoms with Gasteiger partial charge in [0, 0.05) is 5.56 Å². The summed E-state index contributed by atoms with van der Waals surface area (Å²) in [7, 11) is 0. The molecule has 0 saturated heterocycles. The number of hydrogen-bond donors (Lipinski definition) is 0. The summed E-state index contributed by atoms with van der Waals surface area (Å²) >= 11 is 0.276. The van der Waals surface area contributed by atoms with Crippen LogP contribution in [0.15, 0.2) is 206 Å². The van der Waals surface area contributed by atoms with Gasteiger partial charge in [-0.05, 0) is 23.8 Å². The minimum Gasteiger partial charge on any atom is -0.0616 e. The van der Waals surface area contributed by atoms with Gasteiger partial charge in [0.2, 0.25) is 0 Å². The van der Waals surface area contributed by atoms with E-state index in [2.05, 4.69) is 216 Å². The van der Waals surface area contributed by atoms with Crippen molar-refractivity contribution in [2.24, 2.45) is 0 Å². The van der Waals surface area contributed by atoms with E-state index >= 15 is 0 Å². The summed E-state index contributed by atoms with van der Waals surface area (Å²) < 4.78 is 2.97. The zero-order valence-electron chi connectivity index (χ0n) is 28.9. The van der Waals surface area contributed by atoms with Crippen LogP contribution in [0.4, 0.5) is 34.1 Å². The van der Waals surface area contributed by atoms with Crippen LogP contribution in [-0.4, -0.2) is 14.5 Å². The van der Waals surface area contributed by atoms with Gasteiger partial charge in [0.15, 0.2) is 0 Å². The molecule has 0 saturated carbocycles. The molecule has 0 fully saturated rings. The Morgan fingerprint density at radius 2 is 0.906 bits per heavy atom. The fourth-order valence-corrected chi connectivity index (χ4v) is 10.5. The van der Waals surface area contributed by atoms with Gasteiger partial charge in [0.25, 0.3) is 0 Å². The van der Waals surface area contributed by atoms with Crippen LogP contribution >= 0.6 is 0 Å². The van der Waals surface area contributed by atoms with Crippen molar-refractivity contribution in [3.05, 3.63) is 206 Å². The molecule has 250 valence electrons. The molecule has 10 rings (SSSR count). The van der Waals surface area contributed by atoms with Gasteiger partial charge in [-0.3, -0.25) is 0 Å². The van der Waals surface area contributed by atoms with Gasteiger partial charge >= 0.3 is 221 Å². The monoisotopic (exact) mass is 742 g/mol. The zero-order chi connectivity index (χ0) is 35.1. The van der Waals surface area contributed by atoms with Crippen LogP contribution in [-0.2, 0) is 0 Å². The van der Waals surface area contributed by atoms with E-state index in [1.54, 1.807) is 0 Å². The largest absolute Gasteiger partial charge is 0.0616 e. The molecule has 0 N–H and O–H groups in total. The number of nitrogens with zero attached hydrogens (tertiary/aromatic N) is 2. The Kier molecular flexibility index (Phi) is 7.87. The van der Waals surface area contributed by atoms with E-state index < -0.39 is 0 Å². The van der Waals surface area contributed by atoms with Crippen molar-refractivity contribution in [2.45, 2.75) is 0 Å². The van der Waals surface area contributed by atoms with Crippen LogP contribution in [0.1, 0.15) is 0 Å². The minimum absolute atomic E-state index is 0.276. The molecule has 0 unspecified atom stereocenters. The van der Waals surface area contributed by atoms with Crippen LogP contribution in [0, 0.1) is 0 Å². The van der Waals surface area contributed by atoms with Gasteiger partial charge in [0.05, 0.1) is 0 Å². The molecule has 0 radical (unpaired) electrons. The van der Waals surface area contributed by atoms with E-state index in [-0.39, 0.29) is 14.5 Å². The second-order valence-electron chi connectivity index (χ2n) is 13.4. The van der Waals surface area contributed by atoms with Crippen molar-refractivity contribution in [3.8, 4) is 11.1 Å². The Labute approximate surface area is 315 Å². The number of fused-ring (bicyclic) bond motifs is 7. The van der Waals surface area contributed by atoms with Crippen LogP contribution in [0.3, 0.4) is 0 Å². The topological polar surface area (TPSA) is 6.48 Å². The molecule has 0 aliphatic rings. The third kappa shape index (κ3) is 5.59. The molecule has 0 atom stereocenters. The van der Waals surface area contributed by atoms with Gasteiger partial charge in [0.1, 0.15) is 0 Å². The Bertz CT molecular complexity index is 2900. The normalized spacial score (nSPS) is 11.4. The summed E-state index contributed by atoms with van der Waals surface area (Å²) in [6.07, 6.45) is 0. The van der Waals surface area contributed by atoms with Crippen LogP contribution in [0.5, 0.6) is 0 Å². The maximum Gasteiger partial charge on any atom is -0.0543 e. The first-order valence-electron chi connectivity index (χ1n) is 18.0. The summed E-state index contributed by atoms with van der Waals surface area (Å²) in [5, 5.41) is 8.05. The second-order valence-corrected chi connectivity index (χ2v) is 15.6. The number of hydrogen-bond acceptors (Lipinski definition) is 2. The number of para-hydroxylation sites is 3. The third-order valence-electron chi connectivity index (χ3n) is 10.2. The Balaban J connectivity index is 1.15. The molecule has 1 heterocycles. The molecule has 0 aliphatic carbocycles. The van der Waals surface area contributed by atoms with E-state index in [0.717, 1.165) is 34.1 Å². The van der Waals surface area contributed by atoms with Gasteiger partial charge in [-0.25, -0.2) is 0 Å². The van der Waals surface area contributed by atoms with Crippen LogP contribution < -0.4 is 9.80 Å². The first-order valence-corrected chi connectivity index (χ1v) is 19.7. The van der Waals surface area contributed by atoms with Crippen molar-refractivity contribution >= 4 is 89.5 Å². The third-order valence-corrected chi connectivity index (χ3v) is 12.7. The molecular formula is C50H34N2Se. The van der Waals surface area contributed by atoms with Gasteiger partial charge in [-0.15, -0.1) is 0 Å². The predicted molar refractivity (Wildman–Crippen MR) is 228 cm³/mol.